The summed E-state index contributed by atoms with van der Waals surface area (Å²) in [7, 11) is 0. The van der Waals surface area contributed by atoms with Gasteiger partial charge in [-0.3, -0.25) is 0 Å². The van der Waals surface area contributed by atoms with E-state index in [2.05, 4.69) is 20.8 Å². The maximum Gasteiger partial charge on any atom is 0.319 e. The normalized spacial score (nSPS) is 12.4. The summed E-state index contributed by atoms with van der Waals surface area (Å²) < 4.78 is 16.1. The highest BCUT2D eigenvalue weighted by molar-refractivity contribution is 6.66. The van der Waals surface area contributed by atoms with Gasteiger partial charge in [0.2, 0.25) is 0 Å². The van der Waals surface area contributed by atoms with E-state index in [-0.39, 0.29) is 11.7 Å². The number of hydrogen-bond acceptors (Lipinski definition) is 4. The second kappa shape index (κ2) is 9.17. The van der Waals surface area contributed by atoms with Crippen molar-refractivity contribution in [1.82, 2.24) is 15.5 Å². The summed E-state index contributed by atoms with van der Waals surface area (Å²) in [6.45, 7) is 0. The maximum absolute atomic E-state index is 13.0. The van der Waals surface area contributed by atoms with Crippen LogP contribution in [-0.2, 0) is 10.2 Å². The Kier molecular flexibility index (Phi) is 6.85. The molecule has 0 aliphatic heterocycles. The monoisotopic (exact) mass is 476 g/mol. The minimum Gasteiger partial charge on any atom is -0.334 e. The van der Waals surface area contributed by atoms with E-state index in [1.807, 2.05) is 0 Å². The molecule has 0 fully saturated rings. The summed E-state index contributed by atoms with van der Waals surface area (Å²) in [4.78, 5) is 16.5. The zero-order valence-corrected chi connectivity index (χ0v) is 17.5. The predicted octanol–water partition coefficient (Wildman–Crippen LogP) is 5.79. The van der Waals surface area contributed by atoms with Crippen LogP contribution in [0.5, 0.6) is 0 Å². The van der Waals surface area contributed by atoms with Crippen molar-refractivity contribution in [2.24, 2.45) is 0 Å². The van der Waals surface area contributed by atoms with Crippen LogP contribution >= 0.6 is 46.4 Å². The first-order chi connectivity index (χ1) is 13.7. The van der Waals surface area contributed by atoms with Crippen LogP contribution in [0.4, 0.5) is 14.9 Å². The number of nitrogens with zero attached hydrogens (tertiary/aromatic N) is 2. The van der Waals surface area contributed by atoms with Crippen LogP contribution in [0.3, 0.4) is 0 Å². The molecule has 3 rings (SSSR count). The quantitative estimate of drug-likeness (QED) is 0.455. The molecule has 1 atom stereocenters. The molecule has 2 aromatic carbocycles. The van der Waals surface area contributed by atoms with Crippen LogP contribution in [0.15, 0.2) is 53.1 Å². The molecule has 0 saturated heterocycles. The Morgan fingerprint density at radius 1 is 1.10 bits per heavy atom. The SMILES string of the molecule is O=C(Nc1ccc(F)cc1)NC(Cc1ccc(Cl)cc1)c1noc(C(Cl)(Cl)Cl)n1. The fourth-order valence-electron chi connectivity index (χ4n) is 2.41. The van der Waals surface area contributed by atoms with E-state index in [0.29, 0.717) is 17.1 Å². The average molecular weight is 478 g/mol. The van der Waals surface area contributed by atoms with Gasteiger partial charge in [-0.15, -0.1) is 0 Å². The Bertz CT molecular complexity index is 975. The van der Waals surface area contributed by atoms with Gasteiger partial charge in [0.15, 0.2) is 5.82 Å². The first-order valence-corrected chi connectivity index (χ1v) is 9.70. The van der Waals surface area contributed by atoms with Crippen molar-refractivity contribution in [3.8, 4) is 0 Å². The van der Waals surface area contributed by atoms with Gasteiger partial charge >= 0.3 is 6.03 Å². The Morgan fingerprint density at radius 3 is 2.34 bits per heavy atom. The Hall–Kier alpha value is -2.06. The highest BCUT2D eigenvalue weighted by atomic mass is 35.6. The zero-order chi connectivity index (χ0) is 21.0. The smallest absolute Gasteiger partial charge is 0.319 e. The van der Waals surface area contributed by atoms with E-state index in [0.717, 1.165) is 5.56 Å². The topological polar surface area (TPSA) is 80.0 Å². The number of carbonyl (C=O) groups excluding carboxylic acids is 1. The maximum atomic E-state index is 13.0. The summed E-state index contributed by atoms with van der Waals surface area (Å²) in [5.74, 6) is -0.516. The van der Waals surface area contributed by atoms with E-state index in [1.54, 1.807) is 24.3 Å². The van der Waals surface area contributed by atoms with Crippen LogP contribution < -0.4 is 10.6 Å². The third-order valence-electron chi connectivity index (χ3n) is 3.76. The molecule has 0 saturated carbocycles. The van der Waals surface area contributed by atoms with Crippen molar-refractivity contribution >= 4 is 58.1 Å². The molecule has 0 aliphatic rings. The molecule has 6 nitrogen and oxygen atoms in total. The minimum atomic E-state index is -1.90. The Labute approximate surface area is 185 Å². The van der Waals surface area contributed by atoms with Crippen LogP contribution in [0.25, 0.3) is 0 Å². The van der Waals surface area contributed by atoms with Crippen molar-refractivity contribution in [1.29, 1.82) is 0 Å². The number of benzene rings is 2. The summed E-state index contributed by atoms with van der Waals surface area (Å²) in [5.41, 5.74) is 1.26. The zero-order valence-electron chi connectivity index (χ0n) is 14.5. The molecule has 29 heavy (non-hydrogen) atoms. The molecule has 1 heterocycles. The molecule has 3 aromatic rings. The van der Waals surface area contributed by atoms with Crippen LogP contribution in [0.1, 0.15) is 23.3 Å². The number of alkyl halides is 3. The fraction of sp³-hybridized carbons (Fsp3) is 0.167. The number of urea groups is 1. The molecule has 0 aliphatic carbocycles. The highest BCUT2D eigenvalue weighted by Gasteiger charge is 2.32. The average Bonchev–Trinajstić information content (AvgIpc) is 3.15. The molecule has 0 radical (unpaired) electrons. The molecule has 11 heteroatoms. The lowest BCUT2D eigenvalue weighted by Gasteiger charge is -2.16. The largest absolute Gasteiger partial charge is 0.334 e. The predicted molar refractivity (Wildman–Crippen MR) is 110 cm³/mol. The Morgan fingerprint density at radius 2 is 1.76 bits per heavy atom. The first-order valence-electron chi connectivity index (χ1n) is 8.19. The number of hydrogen-bond donors (Lipinski definition) is 2. The second-order valence-electron chi connectivity index (χ2n) is 5.94. The lowest BCUT2D eigenvalue weighted by atomic mass is 10.1. The number of anilines is 1. The summed E-state index contributed by atoms with van der Waals surface area (Å²) in [6.07, 6.45) is 0.312. The third-order valence-corrected chi connectivity index (χ3v) is 4.49. The molecule has 2 N–H and O–H groups in total. The molecule has 1 unspecified atom stereocenters. The van der Waals surface area contributed by atoms with Gasteiger partial charge in [-0.25, -0.2) is 9.18 Å². The number of amides is 2. The third kappa shape index (κ3) is 6.21. The molecule has 1 aromatic heterocycles. The van der Waals surface area contributed by atoms with Gasteiger partial charge in [0.25, 0.3) is 9.68 Å². The number of halogens is 5. The van der Waals surface area contributed by atoms with Gasteiger partial charge in [-0.05, 0) is 42.0 Å². The molecule has 0 bridgehead atoms. The van der Waals surface area contributed by atoms with Crippen LogP contribution in [0, 0.1) is 5.82 Å². The number of carbonyl (C=O) groups is 1. The van der Waals surface area contributed by atoms with E-state index in [4.69, 9.17) is 50.9 Å². The number of rotatable bonds is 5. The van der Waals surface area contributed by atoms with Crippen molar-refractivity contribution < 1.29 is 13.7 Å². The van der Waals surface area contributed by atoms with Crippen LogP contribution in [0.2, 0.25) is 5.02 Å². The first kappa shape index (κ1) is 21.6. The van der Waals surface area contributed by atoms with Gasteiger partial charge < -0.3 is 15.2 Å². The molecule has 2 amide bonds. The van der Waals surface area contributed by atoms with E-state index >= 15 is 0 Å². The molecule has 0 spiro atoms. The fourth-order valence-corrected chi connectivity index (χ4v) is 2.77. The number of aromatic nitrogens is 2. The van der Waals surface area contributed by atoms with Gasteiger partial charge in [-0.1, -0.05) is 63.7 Å². The molecular formula is C18H13Cl4FN4O2. The highest BCUT2D eigenvalue weighted by Crippen LogP contribution is 2.37. The van der Waals surface area contributed by atoms with Crippen LogP contribution in [-0.4, -0.2) is 16.2 Å². The Balaban J connectivity index is 1.79. The molecule has 152 valence electrons. The minimum absolute atomic E-state index is 0.121. The lowest BCUT2D eigenvalue weighted by Crippen LogP contribution is -2.34. The van der Waals surface area contributed by atoms with E-state index < -0.39 is 21.7 Å². The van der Waals surface area contributed by atoms with Gasteiger partial charge in [0.1, 0.15) is 5.82 Å². The number of nitrogens with one attached hydrogen (secondary N) is 2. The standard InChI is InChI=1S/C18H13Cl4FN4O2/c19-11-3-1-10(2-4-11)9-14(15-26-16(29-27-15)18(20,21)22)25-17(28)24-13-7-5-12(23)6-8-13/h1-8,14H,9H2,(H2,24,25,28). The van der Waals surface area contributed by atoms with Gasteiger partial charge in [0.05, 0.1) is 6.04 Å². The summed E-state index contributed by atoms with van der Waals surface area (Å²) in [6, 6.07) is 11.1. The van der Waals surface area contributed by atoms with E-state index in [9.17, 15) is 9.18 Å². The summed E-state index contributed by atoms with van der Waals surface area (Å²) >= 11 is 23.2. The lowest BCUT2D eigenvalue weighted by molar-refractivity contribution is 0.247. The van der Waals surface area contributed by atoms with Crippen molar-refractivity contribution in [2.75, 3.05) is 5.32 Å². The van der Waals surface area contributed by atoms with Crippen molar-refractivity contribution in [2.45, 2.75) is 16.3 Å². The van der Waals surface area contributed by atoms with E-state index in [1.165, 1.54) is 24.3 Å². The van der Waals surface area contributed by atoms with Gasteiger partial charge in [0, 0.05) is 17.1 Å². The second-order valence-corrected chi connectivity index (χ2v) is 8.66. The molecular weight excluding hydrogens is 465 g/mol. The van der Waals surface area contributed by atoms with Gasteiger partial charge in [-0.2, -0.15) is 4.98 Å². The summed E-state index contributed by atoms with van der Waals surface area (Å²) in [5, 5.41) is 9.72. The van der Waals surface area contributed by atoms with Crippen molar-refractivity contribution in [3.05, 3.63) is 76.6 Å². The van der Waals surface area contributed by atoms with Crippen molar-refractivity contribution in [3.63, 3.8) is 0 Å².